The van der Waals surface area contributed by atoms with Crippen molar-refractivity contribution in [2.45, 2.75) is 44.6 Å². The van der Waals surface area contributed by atoms with Crippen LogP contribution in [0, 0.1) is 16.7 Å². The maximum Gasteiger partial charge on any atom is 0.247 e. The van der Waals surface area contributed by atoms with Gasteiger partial charge in [0.1, 0.15) is 6.04 Å². The molecule has 1 spiro atoms. The topological polar surface area (TPSA) is 111 Å². The molecule has 0 radical (unpaired) electrons. The summed E-state index contributed by atoms with van der Waals surface area (Å²) in [5, 5.41) is 10.5. The highest BCUT2D eigenvalue weighted by Crippen LogP contribution is 2.59. The summed E-state index contributed by atoms with van der Waals surface area (Å²) in [4.78, 5) is 27.3. The lowest BCUT2D eigenvalue weighted by Crippen LogP contribution is -2.50. The van der Waals surface area contributed by atoms with Crippen LogP contribution in [0.3, 0.4) is 0 Å². The first-order chi connectivity index (χ1) is 15.2. The summed E-state index contributed by atoms with van der Waals surface area (Å²) in [6.07, 6.45) is 10.6. The van der Waals surface area contributed by atoms with Crippen LogP contribution in [-0.2, 0) is 19.6 Å². The number of likely N-dealkylation sites (tertiary alicyclic amines) is 1. The minimum absolute atomic E-state index is 0.0611. The maximum atomic E-state index is 13.0. The van der Waals surface area contributed by atoms with Crippen LogP contribution in [0.15, 0.2) is 35.5 Å². The quantitative estimate of drug-likeness (QED) is 0.563. The fourth-order valence-corrected chi connectivity index (χ4v) is 6.66. The molecule has 9 heteroatoms. The Morgan fingerprint density at radius 1 is 1.31 bits per heavy atom. The molecule has 2 aliphatic heterocycles. The molecule has 4 aliphatic rings. The van der Waals surface area contributed by atoms with E-state index < -0.39 is 16.1 Å². The fourth-order valence-electron chi connectivity index (χ4n) is 5.54. The SMILES string of the molecule is C=CC1=C(C=N)CC(C(=O)NCC2CC23CCN(C(=O)C2CCCN2S(C)(=O)=O)CC3)=C1. The van der Waals surface area contributed by atoms with E-state index in [-0.39, 0.29) is 17.2 Å². The molecule has 3 fully saturated rings. The Kier molecular flexibility index (Phi) is 6.15. The predicted octanol–water partition coefficient (Wildman–Crippen LogP) is 1.62. The molecule has 8 nitrogen and oxygen atoms in total. The zero-order valence-electron chi connectivity index (χ0n) is 18.6. The average Bonchev–Trinajstić information content (AvgIpc) is 3.16. The molecular formula is C23H32N4O4S. The number of carbonyl (C=O) groups is 2. The number of nitrogens with one attached hydrogen (secondary N) is 2. The molecule has 4 rings (SSSR count). The van der Waals surface area contributed by atoms with Gasteiger partial charge in [0.2, 0.25) is 21.8 Å². The average molecular weight is 461 g/mol. The van der Waals surface area contributed by atoms with Gasteiger partial charge in [-0.1, -0.05) is 12.7 Å². The maximum absolute atomic E-state index is 13.0. The number of hydrogen-bond donors (Lipinski definition) is 2. The smallest absolute Gasteiger partial charge is 0.247 e. The molecule has 2 aliphatic carbocycles. The van der Waals surface area contributed by atoms with Gasteiger partial charge in [0.25, 0.3) is 0 Å². The van der Waals surface area contributed by atoms with Crippen LogP contribution < -0.4 is 5.32 Å². The van der Waals surface area contributed by atoms with Crippen molar-refractivity contribution in [2.24, 2.45) is 11.3 Å². The standard InChI is InChI=1S/C23H32N4O4S/c1-3-16-11-17(12-18(16)14-24)21(28)25-15-19-13-23(19)6-9-26(10-7-23)22(29)20-5-4-8-27(20)32(2,30)31/h3,11,14,19-20,24H,1,4-10,12-13,15H2,2H3,(H,25,28). The molecule has 2 unspecified atom stereocenters. The van der Waals surface area contributed by atoms with Gasteiger partial charge >= 0.3 is 0 Å². The van der Waals surface area contributed by atoms with Gasteiger partial charge in [-0.25, -0.2) is 8.42 Å². The van der Waals surface area contributed by atoms with E-state index in [1.165, 1.54) is 16.8 Å². The molecule has 174 valence electrons. The Morgan fingerprint density at radius 3 is 2.62 bits per heavy atom. The van der Waals surface area contributed by atoms with E-state index >= 15 is 0 Å². The van der Waals surface area contributed by atoms with Gasteiger partial charge in [0, 0.05) is 44.4 Å². The molecule has 2 amide bonds. The summed E-state index contributed by atoms with van der Waals surface area (Å²) in [5.41, 5.74) is 2.49. The number of allylic oxidation sites excluding steroid dienone is 4. The number of nitrogens with zero attached hydrogens (tertiary/aromatic N) is 2. The molecule has 0 aromatic carbocycles. The van der Waals surface area contributed by atoms with Crippen molar-refractivity contribution in [1.29, 1.82) is 5.41 Å². The second-order valence-electron chi connectivity index (χ2n) is 9.51. The van der Waals surface area contributed by atoms with E-state index in [1.54, 1.807) is 12.2 Å². The van der Waals surface area contributed by atoms with E-state index in [9.17, 15) is 18.0 Å². The van der Waals surface area contributed by atoms with Gasteiger partial charge in [-0.15, -0.1) is 0 Å². The van der Waals surface area contributed by atoms with Crippen molar-refractivity contribution in [3.8, 4) is 0 Å². The zero-order chi connectivity index (χ0) is 23.1. The number of amides is 2. The first-order valence-corrected chi connectivity index (χ1v) is 13.1. The molecular weight excluding hydrogens is 428 g/mol. The molecule has 2 atom stereocenters. The molecule has 2 saturated heterocycles. The molecule has 32 heavy (non-hydrogen) atoms. The van der Waals surface area contributed by atoms with E-state index in [1.807, 2.05) is 4.90 Å². The van der Waals surface area contributed by atoms with E-state index in [4.69, 9.17) is 5.41 Å². The number of sulfonamides is 1. The normalized spacial score (nSPS) is 27.4. The van der Waals surface area contributed by atoms with Crippen molar-refractivity contribution >= 4 is 28.1 Å². The van der Waals surface area contributed by atoms with Crippen molar-refractivity contribution < 1.29 is 18.0 Å². The fraction of sp³-hybridized carbons (Fsp3) is 0.609. The Balaban J connectivity index is 1.25. The van der Waals surface area contributed by atoms with Crippen LogP contribution in [0.2, 0.25) is 0 Å². The Hall–Kier alpha value is -2.26. The lowest BCUT2D eigenvalue weighted by molar-refractivity contribution is -0.136. The Bertz CT molecular complexity index is 1010. The lowest BCUT2D eigenvalue weighted by atomic mass is 9.90. The first-order valence-electron chi connectivity index (χ1n) is 11.3. The van der Waals surface area contributed by atoms with Crippen molar-refractivity contribution in [3.63, 3.8) is 0 Å². The highest BCUT2D eigenvalue weighted by Gasteiger charge is 2.55. The highest BCUT2D eigenvalue weighted by atomic mass is 32.2. The van der Waals surface area contributed by atoms with E-state index in [0.29, 0.717) is 50.5 Å². The number of hydrogen-bond acceptors (Lipinski definition) is 5. The zero-order valence-corrected chi connectivity index (χ0v) is 19.4. The number of piperidine rings is 1. The lowest BCUT2D eigenvalue weighted by Gasteiger charge is -2.36. The molecule has 2 N–H and O–H groups in total. The van der Waals surface area contributed by atoms with Crippen molar-refractivity contribution in [3.05, 3.63) is 35.5 Å². The van der Waals surface area contributed by atoms with Crippen molar-refractivity contribution in [2.75, 3.05) is 32.4 Å². The molecule has 0 bridgehead atoms. The third-order valence-corrected chi connectivity index (χ3v) is 8.91. The largest absolute Gasteiger partial charge is 0.352 e. The third-order valence-electron chi connectivity index (χ3n) is 7.62. The van der Waals surface area contributed by atoms with Gasteiger partial charge < -0.3 is 15.6 Å². The van der Waals surface area contributed by atoms with E-state index in [2.05, 4.69) is 11.9 Å². The number of rotatable bonds is 7. The van der Waals surface area contributed by atoms with Crippen LogP contribution in [0.4, 0.5) is 0 Å². The summed E-state index contributed by atoms with van der Waals surface area (Å²) >= 11 is 0. The van der Waals surface area contributed by atoms with Crippen LogP contribution in [0.25, 0.3) is 0 Å². The van der Waals surface area contributed by atoms with Crippen LogP contribution in [0.1, 0.15) is 38.5 Å². The van der Waals surface area contributed by atoms with Gasteiger partial charge in [-0.05, 0) is 60.7 Å². The Morgan fingerprint density at radius 2 is 2.03 bits per heavy atom. The van der Waals surface area contributed by atoms with Crippen LogP contribution in [0.5, 0.6) is 0 Å². The highest BCUT2D eigenvalue weighted by molar-refractivity contribution is 7.88. The minimum atomic E-state index is -3.37. The molecule has 2 heterocycles. The van der Waals surface area contributed by atoms with Gasteiger partial charge in [0.05, 0.1) is 6.26 Å². The van der Waals surface area contributed by atoms with Gasteiger partial charge in [-0.3, -0.25) is 9.59 Å². The molecule has 0 aromatic rings. The van der Waals surface area contributed by atoms with Crippen LogP contribution in [-0.4, -0.2) is 74.1 Å². The molecule has 1 saturated carbocycles. The number of carbonyl (C=O) groups excluding carboxylic acids is 2. The Labute approximate surface area is 190 Å². The summed E-state index contributed by atoms with van der Waals surface area (Å²) in [6.45, 7) is 6.09. The summed E-state index contributed by atoms with van der Waals surface area (Å²) < 4.78 is 25.3. The monoisotopic (exact) mass is 460 g/mol. The van der Waals surface area contributed by atoms with E-state index in [0.717, 1.165) is 36.8 Å². The molecule has 0 aromatic heterocycles. The third kappa shape index (κ3) is 4.32. The second kappa shape index (κ2) is 8.59. The summed E-state index contributed by atoms with van der Waals surface area (Å²) in [7, 11) is -3.37. The van der Waals surface area contributed by atoms with Gasteiger partial charge in [0.15, 0.2) is 0 Å². The van der Waals surface area contributed by atoms with Gasteiger partial charge in [-0.2, -0.15) is 4.31 Å². The first kappa shape index (κ1) is 22.9. The minimum Gasteiger partial charge on any atom is -0.352 e. The summed E-state index contributed by atoms with van der Waals surface area (Å²) in [6, 6.07) is -0.548. The summed E-state index contributed by atoms with van der Waals surface area (Å²) in [5.74, 6) is 0.269. The van der Waals surface area contributed by atoms with Crippen molar-refractivity contribution in [1.82, 2.24) is 14.5 Å². The predicted molar refractivity (Wildman–Crippen MR) is 123 cm³/mol. The van der Waals surface area contributed by atoms with Crippen LogP contribution >= 0.6 is 0 Å². The second-order valence-corrected chi connectivity index (χ2v) is 11.4.